The number of methoxy groups -OCH3 is 1. The minimum absolute atomic E-state index is 0.143. The Morgan fingerprint density at radius 3 is 2.54 bits per heavy atom. The zero-order valence-electron chi connectivity index (χ0n) is 13.8. The molecule has 124 valence electrons. The number of nitrogens with zero attached hydrogens (tertiary/aromatic N) is 1. The number of carbonyl (C=O) groups excluding carboxylic acids is 2. The summed E-state index contributed by atoms with van der Waals surface area (Å²) in [6.45, 7) is 2.53. The fourth-order valence-electron chi connectivity index (χ4n) is 2.93. The second-order valence-corrected chi connectivity index (χ2v) is 5.84. The van der Waals surface area contributed by atoms with E-state index in [4.69, 9.17) is 4.74 Å². The molecule has 3 rings (SSSR count). The molecule has 5 nitrogen and oxygen atoms in total. The van der Waals surface area contributed by atoms with Gasteiger partial charge in [0.25, 0.3) is 0 Å². The van der Waals surface area contributed by atoms with Crippen molar-refractivity contribution in [2.24, 2.45) is 5.92 Å². The van der Waals surface area contributed by atoms with E-state index in [1.807, 2.05) is 31.2 Å². The van der Waals surface area contributed by atoms with Gasteiger partial charge in [-0.25, -0.2) is 0 Å². The summed E-state index contributed by atoms with van der Waals surface area (Å²) in [7, 11) is 1.59. The van der Waals surface area contributed by atoms with Gasteiger partial charge in [-0.15, -0.1) is 0 Å². The van der Waals surface area contributed by atoms with Crippen molar-refractivity contribution < 1.29 is 14.3 Å². The van der Waals surface area contributed by atoms with E-state index >= 15 is 0 Å². The number of para-hydroxylation sites is 1. The molecule has 0 radical (unpaired) electrons. The highest BCUT2D eigenvalue weighted by molar-refractivity contribution is 6.13. The normalized spacial score (nSPS) is 17.0. The SMILES string of the molecule is COc1ccc(NC(=O)C2CCN(c3ccccc3C)C2=O)cc1. The maximum absolute atomic E-state index is 12.6. The maximum Gasteiger partial charge on any atom is 0.239 e. The lowest BCUT2D eigenvalue weighted by Crippen LogP contribution is -2.33. The van der Waals surface area contributed by atoms with E-state index in [0.29, 0.717) is 18.7 Å². The van der Waals surface area contributed by atoms with Crippen molar-refractivity contribution in [3.8, 4) is 5.75 Å². The van der Waals surface area contributed by atoms with Gasteiger partial charge >= 0.3 is 0 Å². The van der Waals surface area contributed by atoms with Crippen LogP contribution in [0.5, 0.6) is 5.75 Å². The van der Waals surface area contributed by atoms with Crippen LogP contribution in [-0.2, 0) is 9.59 Å². The molecule has 5 heteroatoms. The first kappa shape index (κ1) is 16.1. The van der Waals surface area contributed by atoms with E-state index in [9.17, 15) is 9.59 Å². The van der Waals surface area contributed by atoms with Gasteiger partial charge in [0.2, 0.25) is 11.8 Å². The third-order valence-corrected chi connectivity index (χ3v) is 4.29. The van der Waals surface area contributed by atoms with Crippen LogP contribution in [0, 0.1) is 12.8 Å². The molecule has 1 atom stereocenters. The Morgan fingerprint density at radius 2 is 1.88 bits per heavy atom. The van der Waals surface area contributed by atoms with E-state index in [-0.39, 0.29) is 11.8 Å². The van der Waals surface area contributed by atoms with Crippen LogP contribution >= 0.6 is 0 Å². The number of rotatable bonds is 4. The Balaban J connectivity index is 1.70. The van der Waals surface area contributed by atoms with Crippen LogP contribution in [0.15, 0.2) is 48.5 Å². The van der Waals surface area contributed by atoms with Gasteiger partial charge in [0.05, 0.1) is 7.11 Å². The molecule has 0 aliphatic carbocycles. The van der Waals surface area contributed by atoms with Crippen LogP contribution in [0.2, 0.25) is 0 Å². The van der Waals surface area contributed by atoms with Crippen LogP contribution in [0.3, 0.4) is 0 Å². The molecule has 2 aromatic carbocycles. The molecule has 1 aliphatic rings. The van der Waals surface area contributed by atoms with Gasteiger partial charge < -0.3 is 15.0 Å². The highest BCUT2D eigenvalue weighted by atomic mass is 16.5. The number of anilines is 2. The standard InChI is InChI=1S/C19H20N2O3/c1-13-5-3-4-6-17(13)21-12-11-16(19(21)23)18(22)20-14-7-9-15(24-2)10-8-14/h3-10,16H,11-12H2,1-2H3,(H,20,22). The predicted octanol–water partition coefficient (Wildman–Crippen LogP) is 3.00. The number of amides is 2. The maximum atomic E-state index is 12.6. The summed E-state index contributed by atoms with van der Waals surface area (Å²) in [6.07, 6.45) is 0.523. The molecule has 2 amide bonds. The summed E-state index contributed by atoms with van der Waals surface area (Å²) in [6, 6.07) is 14.8. The molecular weight excluding hydrogens is 304 g/mol. The Hall–Kier alpha value is -2.82. The molecule has 1 heterocycles. The van der Waals surface area contributed by atoms with Crippen LogP contribution in [0.25, 0.3) is 0 Å². The van der Waals surface area contributed by atoms with Gasteiger partial charge in [0.15, 0.2) is 0 Å². The van der Waals surface area contributed by atoms with E-state index in [2.05, 4.69) is 5.32 Å². The molecule has 1 aliphatic heterocycles. The first-order chi connectivity index (χ1) is 11.6. The van der Waals surface area contributed by atoms with Crippen molar-refractivity contribution >= 4 is 23.2 Å². The summed E-state index contributed by atoms with van der Waals surface area (Å²) in [4.78, 5) is 26.8. The van der Waals surface area contributed by atoms with E-state index < -0.39 is 5.92 Å². The Labute approximate surface area is 141 Å². The molecule has 0 spiro atoms. The number of nitrogens with one attached hydrogen (secondary N) is 1. The second-order valence-electron chi connectivity index (χ2n) is 5.84. The van der Waals surface area contributed by atoms with Gasteiger partial charge in [0.1, 0.15) is 11.7 Å². The van der Waals surface area contributed by atoms with Gasteiger partial charge in [-0.3, -0.25) is 9.59 Å². The van der Waals surface area contributed by atoms with Crippen LogP contribution in [0.4, 0.5) is 11.4 Å². The number of ether oxygens (including phenoxy) is 1. The van der Waals surface area contributed by atoms with Crippen molar-refractivity contribution in [1.82, 2.24) is 0 Å². The molecule has 0 bridgehead atoms. The molecule has 2 aromatic rings. The topological polar surface area (TPSA) is 58.6 Å². The van der Waals surface area contributed by atoms with Gasteiger partial charge in [-0.2, -0.15) is 0 Å². The molecule has 0 aromatic heterocycles. The quantitative estimate of drug-likeness (QED) is 0.880. The molecule has 0 saturated carbocycles. The Bertz CT molecular complexity index is 755. The summed E-state index contributed by atoms with van der Waals surface area (Å²) < 4.78 is 5.09. The first-order valence-electron chi connectivity index (χ1n) is 7.92. The summed E-state index contributed by atoms with van der Waals surface area (Å²) in [5.41, 5.74) is 2.56. The predicted molar refractivity (Wildman–Crippen MR) is 93.3 cm³/mol. The third kappa shape index (κ3) is 3.11. The van der Waals surface area contributed by atoms with E-state index in [1.54, 1.807) is 36.3 Å². The van der Waals surface area contributed by atoms with Crippen molar-refractivity contribution in [2.75, 3.05) is 23.9 Å². The summed E-state index contributed by atoms with van der Waals surface area (Å²) in [5, 5.41) is 2.81. The molecule has 24 heavy (non-hydrogen) atoms. The number of benzene rings is 2. The monoisotopic (exact) mass is 324 g/mol. The average Bonchev–Trinajstić information content (AvgIpc) is 2.97. The summed E-state index contributed by atoms with van der Waals surface area (Å²) in [5.74, 6) is -0.334. The number of carbonyl (C=O) groups is 2. The highest BCUT2D eigenvalue weighted by Crippen LogP contribution is 2.28. The lowest BCUT2D eigenvalue weighted by Gasteiger charge is -2.19. The van der Waals surface area contributed by atoms with Crippen molar-refractivity contribution in [3.05, 3.63) is 54.1 Å². The zero-order valence-corrected chi connectivity index (χ0v) is 13.8. The Morgan fingerprint density at radius 1 is 1.17 bits per heavy atom. The minimum atomic E-state index is -0.647. The van der Waals surface area contributed by atoms with Gasteiger partial charge in [-0.05, 0) is 49.2 Å². The lowest BCUT2D eigenvalue weighted by atomic mass is 10.1. The molecule has 1 N–H and O–H groups in total. The largest absolute Gasteiger partial charge is 0.497 e. The van der Waals surface area contributed by atoms with Crippen LogP contribution < -0.4 is 15.0 Å². The fourth-order valence-corrected chi connectivity index (χ4v) is 2.93. The number of hydrogen-bond acceptors (Lipinski definition) is 3. The van der Waals surface area contributed by atoms with Gasteiger partial charge in [-0.1, -0.05) is 18.2 Å². The van der Waals surface area contributed by atoms with Crippen molar-refractivity contribution in [3.63, 3.8) is 0 Å². The van der Waals surface area contributed by atoms with E-state index in [1.165, 1.54) is 0 Å². The van der Waals surface area contributed by atoms with E-state index in [0.717, 1.165) is 17.0 Å². The number of aryl methyl sites for hydroxylation is 1. The van der Waals surface area contributed by atoms with Crippen LogP contribution in [0.1, 0.15) is 12.0 Å². The van der Waals surface area contributed by atoms with Crippen molar-refractivity contribution in [2.45, 2.75) is 13.3 Å². The van der Waals surface area contributed by atoms with Crippen LogP contribution in [-0.4, -0.2) is 25.5 Å². The first-order valence-corrected chi connectivity index (χ1v) is 7.92. The molecule has 1 saturated heterocycles. The van der Waals surface area contributed by atoms with Crippen molar-refractivity contribution in [1.29, 1.82) is 0 Å². The third-order valence-electron chi connectivity index (χ3n) is 4.29. The average molecular weight is 324 g/mol. The molecule has 1 fully saturated rings. The smallest absolute Gasteiger partial charge is 0.239 e. The summed E-state index contributed by atoms with van der Waals surface area (Å²) >= 11 is 0. The fraction of sp³-hybridized carbons (Fsp3) is 0.263. The van der Waals surface area contributed by atoms with Gasteiger partial charge in [0, 0.05) is 17.9 Å². The highest BCUT2D eigenvalue weighted by Gasteiger charge is 2.38. The molecule has 1 unspecified atom stereocenters. The lowest BCUT2D eigenvalue weighted by molar-refractivity contribution is -0.129. The molecular formula is C19H20N2O3. The Kier molecular flexibility index (Phi) is 4.51. The zero-order chi connectivity index (χ0) is 17.1. The second kappa shape index (κ2) is 6.74. The number of hydrogen-bond donors (Lipinski definition) is 1. The minimum Gasteiger partial charge on any atom is -0.497 e.